The lowest BCUT2D eigenvalue weighted by molar-refractivity contribution is -0.137. The molecule has 3 amide bonds. The molecule has 1 aliphatic rings. The van der Waals surface area contributed by atoms with Gasteiger partial charge >= 0.3 is 0 Å². The summed E-state index contributed by atoms with van der Waals surface area (Å²) < 4.78 is 0. The Labute approximate surface area is 175 Å². The van der Waals surface area contributed by atoms with Crippen molar-refractivity contribution >= 4 is 29.1 Å². The number of para-hydroxylation sites is 1. The summed E-state index contributed by atoms with van der Waals surface area (Å²) in [6, 6.07) is 12.7. The second kappa shape index (κ2) is 9.37. The second-order valence-corrected chi connectivity index (χ2v) is 6.89. The first-order valence-electron chi connectivity index (χ1n) is 9.96. The number of anilines is 2. The van der Waals surface area contributed by atoms with Crippen LogP contribution in [0.3, 0.4) is 0 Å². The highest BCUT2D eigenvalue weighted by atomic mass is 16.3. The number of nitrogens with zero attached hydrogens (tertiary/aromatic N) is 1. The molecule has 0 unspecified atom stereocenters. The summed E-state index contributed by atoms with van der Waals surface area (Å²) in [5.74, 6) is -1.24. The fourth-order valence-electron chi connectivity index (χ4n) is 3.39. The maximum Gasteiger partial charge on any atom is 0.277 e. The predicted molar refractivity (Wildman–Crippen MR) is 115 cm³/mol. The number of hydrogen-bond acceptors (Lipinski definition) is 5. The zero-order valence-electron chi connectivity index (χ0n) is 17.1. The van der Waals surface area contributed by atoms with E-state index in [4.69, 9.17) is 5.11 Å². The molecule has 2 aromatic rings. The van der Waals surface area contributed by atoms with Crippen molar-refractivity contribution in [3.63, 3.8) is 0 Å². The monoisotopic (exact) mass is 407 g/mol. The van der Waals surface area contributed by atoms with Crippen LogP contribution in [0.5, 0.6) is 0 Å². The molecular weight excluding hydrogens is 382 g/mol. The van der Waals surface area contributed by atoms with Crippen LogP contribution in [-0.4, -0.2) is 40.9 Å². The van der Waals surface area contributed by atoms with Gasteiger partial charge in [0.05, 0.1) is 13.2 Å². The van der Waals surface area contributed by atoms with Gasteiger partial charge in [0, 0.05) is 23.0 Å². The maximum atomic E-state index is 12.9. The molecule has 0 aliphatic carbocycles. The molecule has 0 saturated heterocycles. The minimum Gasteiger partial charge on any atom is -0.395 e. The fraction of sp³-hybridized carbons (Fsp3) is 0.261. The number of amides is 3. The summed E-state index contributed by atoms with van der Waals surface area (Å²) >= 11 is 0. The third-order valence-corrected chi connectivity index (χ3v) is 4.97. The number of hydrogen-bond donors (Lipinski definition) is 3. The summed E-state index contributed by atoms with van der Waals surface area (Å²) in [5.41, 5.74) is 4.03. The van der Waals surface area contributed by atoms with E-state index in [2.05, 4.69) is 10.6 Å². The van der Waals surface area contributed by atoms with Crippen LogP contribution in [-0.2, 0) is 22.4 Å². The number of imide groups is 1. The predicted octanol–water partition coefficient (Wildman–Crippen LogP) is 2.72. The molecule has 3 rings (SSSR count). The largest absolute Gasteiger partial charge is 0.395 e. The molecule has 1 aliphatic heterocycles. The van der Waals surface area contributed by atoms with Crippen molar-refractivity contribution in [2.45, 2.75) is 26.7 Å². The first kappa shape index (κ1) is 21.3. The molecule has 0 fully saturated rings. The van der Waals surface area contributed by atoms with Crippen molar-refractivity contribution in [1.29, 1.82) is 0 Å². The fourth-order valence-corrected chi connectivity index (χ4v) is 3.39. The summed E-state index contributed by atoms with van der Waals surface area (Å²) in [4.78, 5) is 38.0. The standard InChI is InChI=1S/C23H25N3O4/c1-3-15-7-5-8-16(4-2)21(15)25-22(29)17-9-6-10-18(13-17)24-19-14-20(28)26(11-12-27)23(19)30/h5-10,13-14,24,27H,3-4,11-12H2,1-2H3,(H,25,29). The van der Waals surface area contributed by atoms with Crippen LogP contribution in [0.1, 0.15) is 35.3 Å². The minimum atomic E-state index is -0.506. The number of aliphatic hydroxyl groups is 1. The molecule has 0 saturated carbocycles. The summed E-state index contributed by atoms with van der Waals surface area (Å²) in [5, 5.41) is 14.9. The number of nitrogens with one attached hydrogen (secondary N) is 2. The first-order valence-corrected chi connectivity index (χ1v) is 9.96. The van der Waals surface area contributed by atoms with Crippen molar-refractivity contribution in [2.75, 3.05) is 23.8 Å². The van der Waals surface area contributed by atoms with E-state index < -0.39 is 11.8 Å². The number of aryl methyl sites for hydroxylation is 2. The first-order chi connectivity index (χ1) is 14.5. The lowest BCUT2D eigenvalue weighted by Gasteiger charge is -2.15. The van der Waals surface area contributed by atoms with Crippen LogP contribution < -0.4 is 10.6 Å². The van der Waals surface area contributed by atoms with Crippen molar-refractivity contribution in [1.82, 2.24) is 4.90 Å². The van der Waals surface area contributed by atoms with Gasteiger partial charge in [0.25, 0.3) is 17.7 Å². The van der Waals surface area contributed by atoms with Gasteiger partial charge in [0.1, 0.15) is 5.70 Å². The van der Waals surface area contributed by atoms with Crippen LogP contribution in [0.4, 0.5) is 11.4 Å². The molecule has 0 bridgehead atoms. The maximum absolute atomic E-state index is 12.9. The topological polar surface area (TPSA) is 98.7 Å². The Morgan fingerprint density at radius 3 is 2.33 bits per heavy atom. The Morgan fingerprint density at radius 1 is 1.03 bits per heavy atom. The Kier molecular flexibility index (Phi) is 6.64. The Morgan fingerprint density at radius 2 is 1.70 bits per heavy atom. The number of aliphatic hydroxyl groups excluding tert-OH is 1. The molecule has 0 radical (unpaired) electrons. The van der Waals surface area contributed by atoms with Crippen molar-refractivity contribution in [3.8, 4) is 0 Å². The van der Waals surface area contributed by atoms with Crippen LogP contribution in [0, 0.1) is 0 Å². The lowest BCUT2D eigenvalue weighted by atomic mass is 10.0. The Balaban J connectivity index is 1.78. The number of β-amino-alcohol motifs (C(OH)–C–C–N with tert-alkyl or cyclic N) is 1. The highest BCUT2D eigenvalue weighted by Crippen LogP contribution is 2.24. The molecule has 30 heavy (non-hydrogen) atoms. The highest BCUT2D eigenvalue weighted by Gasteiger charge is 2.30. The van der Waals surface area contributed by atoms with Gasteiger partial charge in [-0.3, -0.25) is 19.3 Å². The SMILES string of the molecule is CCc1cccc(CC)c1NC(=O)c1cccc(NC2=CC(=O)N(CCO)C2=O)c1. The molecule has 0 aromatic heterocycles. The van der Waals surface area contributed by atoms with Gasteiger partial charge in [-0.05, 0) is 42.2 Å². The summed E-state index contributed by atoms with van der Waals surface area (Å²) in [6.45, 7) is 3.73. The van der Waals surface area contributed by atoms with E-state index in [1.807, 2.05) is 32.0 Å². The van der Waals surface area contributed by atoms with Gasteiger partial charge in [-0.25, -0.2) is 0 Å². The van der Waals surface area contributed by atoms with Crippen molar-refractivity contribution in [2.24, 2.45) is 0 Å². The zero-order chi connectivity index (χ0) is 21.7. The average molecular weight is 407 g/mol. The average Bonchev–Trinajstić information content (AvgIpc) is 3.01. The third kappa shape index (κ3) is 4.41. The van der Waals surface area contributed by atoms with Gasteiger partial charge in [-0.1, -0.05) is 38.1 Å². The smallest absolute Gasteiger partial charge is 0.277 e. The molecule has 3 N–H and O–H groups in total. The number of carbonyl (C=O) groups excluding carboxylic acids is 3. The van der Waals surface area contributed by atoms with Gasteiger partial charge in [0.15, 0.2) is 0 Å². The van der Waals surface area contributed by atoms with E-state index >= 15 is 0 Å². The summed E-state index contributed by atoms with van der Waals surface area (Å²) in [6.07, 6.45) is 2.80. The molecule has 2 aromatic carbocycles. The van der Waals surface area contributed by atoms with Crippen LogP contribution in [0.15, 0.2) is 54.2 Å². The quantitative estimate of drug-likeness (QED) is 0.585. The van der Waals surface area contributed by atoms with Crippen LogP contribution in [0.2, 0.25) is 0 Å². The Hall–Kier alpha value is -3.45. The Bertz CT molecular complexity index is 991. The third-order valence-electron chi connectivity index (χ3n) is 4.97. The van der Waals surface area contributed by atoms with Crippen molar-refractivity contribution < 1.29 is 19.5 Å². The lowest BCUT2D eigenvalue weighted by Crippen LogP contribution is -2.34. The number of rotatable bonds is 8. The normalized spacial score (nSPS) is 13.4. The number of carbonyl (C=O) groups is 3. The molecule has 0 atom stereocenters. The van der Waals surface area contributed by atoms with E-state index in [1.54, 1.807) is 24.3 Å². The number of benzene rings is 2. The van der Waals surface area contributed by atoms with Crippen molar-refractivity contribution in [3.05, 3.63) is 70.9 Å². The zero-order valence-corrected chi connectivity index (χ0v) is 17.1. The molecule has 7 nitrogen and oxygen atoms in total. The van der Waals surface area contributed by atoms with E-state index in [0.717, 1.165) is 34.6 Å². The van der Waals surface area contributed by atoms with Gasteiger partial charge in [-0.2, -0.15) is 0 Å². The molecule has 7 heteroatoms. The minimum absolute atomic E-state index is 0.0572. The molecule has 156 valence electrons. The second-order valence-electron chi connectivity index (χ2n) is 6.89. The molecule has 1 heterocycles. The van der Waals surface area contributed by atoms with Crippen LogP contribution in [0.25, 0.3) is 0 Å². The van der Waals surface area contributed by atoms with E-state index in [-0.39, 0.29) is 24.8 Å². The molecular formula is C23H25N3O4. The van der Waals surface area contributed by atoms with E-state index in [0.29, 0.717) is 11.3 Å². The van der Waals surface area contributed by atoms with E-state index in [1.165, 1.54) is 6.08 Å². The van der Waals surface area contributed by atoms with Crippen LogP contribution >= 0.6 is 0 Å². The highest BCUT2D eigenvalue weighted by molar-refractivity contribution is 6.17. The van der Waals surface area contributed by atoms with Gasteiger partial charge in [-0.15, -0.1) is 0 Å². The van der Waals surface area contributed by atoms with Gasteiger partial charge < -0.3 is 15.7 Å². The van der Waals surface area contributed by atoms with Gasteiger partial charge in [0.2, 0.25) is 0 Å². The molecule has 0 spiro atoms. The summed E-state index contributed by atoms with van der Waals surface area (Å²) in [7, 11) is 0. The van der Waals surface area contributed by atoms with E-state index in [9.17, 15) is 14.4 Å².